The number of carbonyl (C=O) groups excluding carboxylic acids is 1. The summed E-state index contributed by atoms with van der Waals surface area (Å²) in [4.78, 5) is 12.3. The number of rotatable bonds is 41. The number of unbranched alkanes of at least 4 members (excludes halogenated alkanes) is 25. The Kier molecular flexibility index (Phi) is 42.9. The van der Waals surface area contributed by atoms with E-state index in [1.54, 1.807) is 0 Å². The van der Waals surface area contributed by atoms with Gasteiger partial charge in [-0.05, 0) is 38.5 Å². The molecule has 0 aliphatic carbocycles. The summed E-state index contributed by atoms with van der Waals surface area (Å²) < 4.78 is 0. The molecule has 0 aliphatic heterocycles. The fraction of sp³-hybridized carbons (Fsp3) is 0.776. The third-order valence-electron chi connectivity index (χ3n) is 10.3. The molecule has 0 aromatic heterocycles. The van der Waals surface area contributed by atoms with E-state index in [1.165, 1.54) is 154 Å². The topological polar surface area (TPSA) is 69.6 Å². The van der Waals surface area contributed by atoms with Gasteiger partial charge in [0.05, 0.1) is 18.8 Å². The van der Waals surface area contributed by atoms with Crippen molar-refractivity contribution in [1.29, 1.82) is 0 Å². The smallest absolute Gasteiger partial charge is 0.224 e. The van der Waals surface area contributed by atoms with E-state index in [4.69, 9.17) is 0 Å². The number of aliphatic hydroxyl groups excluding tert-OH is 2. The van der Waals surface area contributed by atoms with Crippen LogP contribution in [0.4, 0.5) is 0 Å². The minimum atomic E-state index is -0.702. The molecule has 2 unspecified atom stereocenters. The van der Waals surface area contributed by atoms with E-state index in [1.807, 2.05) is 12.2 Å². The number of hydrogen-bond acceptors (Lipinski definition) is 3. The molecule has 53 heavy (non-hydrogen) atoms. The van der Waals surface area contributed by atoms with Gasteiger partial charge in [-0.1, -0.05) is 242 Å². The van der Waals surface area contributed by atoms with Crippen LogP contribution in [0.1, 0.15) is 226 Å². The molecule has 0 aliphatic rings. The van der Waals surface area contributed by atoms with Crippen LogP contribution < -0.4 is 5.32 Å². The van der Waals surface area contributed by atoms with Gasteiger partial charge in [-0.2, -0.15) is 0 Å². The highest BCUT2D eigenvalue weighted by Gasteiger charge is 2.19. The molecule has 1 amide bonds. The summed E-state index contributed by atoms with van der Waals surface area (Å²) in [6.07, 6.45) is 62.0. The molecule has 0 aromatic carbocycles. The van der Waals surface area contributed by atoms with E-state index in [0.29, 0.717) is 6.42 Å². The Morgan fingerprint density at radius 1 is 0.453 bits per heavy atom. The average Bonchev–Trinajstić information content (AvgIpc) is 3.16. The lowest BCUT2D eigenvalue weighted by atomic mass is 10.0. The van der Waals surface area contributed by atoms with Gasteiger partial charge < -0.3 is 15.5 Å². The van der Waals surface area contributed by atoms with Crippen molar-refractivity contribution >= 4 is 5.91 Å². The minimum Gasteiger partial charge on any atom is -0.394 e. The van der Waals surface area contributed by atoms with Crippen LogP contribution in [0.2, 0.25) is 0 Å². The van der Waals surface area contributed by atoms with Crippen LogP contribution in [0, 0.1) is 0 Å². The van der Waals surface area contributed by atoms with Gasteiger partial charge in [0.15, 0.2) is 0 Å². The zero-order valence-electron chi connectivity index (χ0n) is 35.3. The van der Waals surface area contributed by atoms with Crippen LogP contribution in [0.3, 0.4) is 0 Å². The molecule has 0 rings (SSSR count). The quantitative estimate of drug-likeness (QED) is 0.0432. The first kappa shape index (κ1) is 51.1. The summed E-state index contributed by atoms with van der Waals surface area (Å²) in [5.74, 6) is -0.158. The predicted octanol–water partition coefficient (Wildman–Crippen LogP) is 14.5. The molecule has 0 saturated heterocycles. The molecule has 4 heteroatoms. The predicted molar refractivity (Wildman–Crippen MR) is 234 cm³/mol. The van der Waals surface area contributed by atoms with Crippen LogP contribution in [0.15, 0.2) is 60.8 Å². The van der Waals surface area contributed by atoms with Gasteiger partial charge in [-0.15, -0.1) is 0 Å². The second-order valence-corrected chi connectivity index (χ2v) is 15.5. The second-order valence-electron chi connectivity index (χ2n) is 15.5. The second kappa shape index (κ2) is 44.5. The maximum absolute atomic E-state index is 12.3. The van der Waals surface area contributed by atoms with Crippen LogP contribution in [0.25, 0.3) is 0 Å². The van der Waals surface area contributed by atoms with E-state index >= 15 is 0 Å². The monoisotopic (exact) mass is 740 g/mol. The van der Waals surface area contributed by atoms with Crippen LogP contribution in [-0.4, -0.2) is 34.9 Å². The lowest BCUT2D eigenvalue weighted by molar-refractivity contribution is -0.122. The standard InChI is InChI=1S/C49H89NO3/c1-3-5-7-9-11-13-15-17-19-20-21-22-23-24-25-26-27-28-29-31-32-34-36-38-40-42-44-48(52)47(46-51)50-49(53)45-43-41-39-37-35-33-30-18-16-14-12-10-8-6-4-2/h6,8,12,14,18,30,35,37,41,43,47-48,51-52H,3-5,7,9-11,13,15-17,19-29,31-34,36,38-40,42,44-46H2,1-2H3,(H,50,53)/b8-6-,14-12-,30-18-,37-35-,43-41-. The maximum atomic E-state index is 12.3. The van der Waals surface area contributed by atoms with Crippen LogP contribution in [0.5, 0.6) is 0 Å². The molecule has 0 radical (unpaired) electrons. The summed E-state index contributed by atoms with van der Waals surface area (Å²) in [7, 11) is 0. The minimum absolute atomic E-state index is 0.158. The van der Waals surface area contributed by atoms with Gasteiger partial charge in [0.1, 0.15) is 0 Å². The molecule has 0 fully saturated rings. The fourth-order valence-electron chi connectivity index (χ4n) is 6.84. The van der Waals surface area contributed by atoms with Gasteiger partial charge in [0, 0.05) is 6.42 Å². The largest absolute Gasteiger partial charge is 0.394 e. The van der Waals surface area contributed by atoms with Crippen LogP contribution >= 0.6 is 0 Å². The van der Waals surface area contributed by atoms with Gasteiger partial charge in [0.2, 0.25) is 5.91 Å². The third kappa shape index (κ3) is 41.1. The first-order valence-electron chi connectivity index (χ1n) is 23.0. The molecule has 2 atom stereocenters. The Hall–Kier alpha value is -1.91. The third-order valence-corrected chi connectivity index (χ3v) is 10.3. The number of nitrogens with one attached hydrogen (secondary N) is 1. The molecule has 0 spiro atoms. The molecule has 0 saturated carbocycles. The van der Waals surface area contributed by atoms with Crippen molar-refractivity contribution in [2.75, 3.05) is 6.61 Å². The molecule has 308 valence electrons. The summed E-state index contributed by atoms with van der Waals surface area (Å²) in [6.45, 7) is 4.21. The Labute approximate surface area is 330 Å². The number of hydrogen-bond donors (Lipinski definition) is 3. The van der Waals surface area contributed by atoms with Gasteiger partial charge in [0.25, 0.3) is 0 Å². The first-order valence-corrected chi connectivity index (χ1v) is 23.0. The number of allylic oxidation sites excluding steroid dienone is 9. The van der Waals surface area contributed by atoms with E-state index in [-0.39, 0.29) is 18.9 Å². The number of aliphatic hydroxyl groups is 2. The SMILES string of the molecule is CC/C=C\C/C=C\C/C=C\C/C=C\C/C=C\CC(=O)NC(CO)C(O)CCCCCCCCCCCCCCCCCCCCCCCCCCCC. The number of carbonyl (C=O) groups is 1. The van der Waals surface area contributed by atoms with Crippen molar-refractivity contribution in [3.05, 3.63) is 60.8 Å². The normalized spacial score (nSPS) is 13.5. The van der Waals surface area contributed by atoms with Crippen LogP contribution in [-0.2, 0) is 4.79 Å². The van der Waals surface area contributed by atoms with Crippen molar-refractivity contribution in [3.63, 3.8) is 0 Å². The highest BCUT2D eigenvalue weighted by Crippen LogP contribution is 2.16. The molecular weight excluding hydrogens is 651 g/mol. The van der Waals surface area contributed by atoms with E-state index in [0.717, 1.165) is 44.9 Å². The molecule has 4 nitrogen and oxygen atoms in total. The lowest BCUT2D eigenvalue weighted by Crippen LogP contribution is -2.45. The van der Waals surface area contributed by atoms with E-state index in [9.17, 15) is 15.0 Å². The van der Waals surface area contributed by atoms with Crippen molar-refractivity contribution in [2.45, 2.75) is 238 Å². The zero-order valence-corrected chi connectivity index (χ0v) is 35.3. The molecule has 0 bridgehead atoms. The Morgan fingerprint density at radius 2 is 0.755 bits per heavy atom. The highest BCUT2D eigenvalue weighted by atomic mass is 16.3. The molecular formula is C49H89NO3. The molecule has 3 N–H and O–H groups in total. The van der Waals surface area contributed by atoms with Gasteiger partial charge >= 0.3 is 0 Å². The van der Waals surface area contributed by atoms with E-state index in [2.05, 4.69) is 67.8 Å². The van der Waals surface area contributed by atoms with Gasteiger partial charge in [-0.25, -0.2) is 0 Å². The molecule has 0 heterocycles. The summed E-state index contributed by atoms with van der Waals surface area (Å²) in [5, 5.41) is 23.1. The highest BCUT2D eigenvalue weighted by molar-refractivity contribution is 5.77. The average molecular weight is 740 g/mol. The van der Waals surface area contributed by atoms with Crippen molar-refractivity contribution in [3.8, 4) is 0 Å². The first-order chi connectivity index (χ1) is 26.2. The Bertz CT molecular complexity index is 888. The van der Waals surface area contributed by atoms with Crippen molar-refractivity contribution < 1.29 is 15.0 Å². The zero-order chi connectivity index (χ0) is 38.6. The fourth-order valence-corrected chi connectivity index (χ4v) is 6.84. The molecule has 0 aromatic rings. The van der Waals surface area contributed by atoms with Gasteiger partial charge in [-0.3, -0.25) is 4.79 Å². The van der Waals surface area contributed by atoms with Crippen molar-refractivity contribution in [1.82, 2.24) is 5.32 Å². The van der Waals surface area contributed by atoms with Crippen molar-refractivity contribution in [2.24, 2.45) is 0 Å². The lowest BCUT2D eigenvalue weighted by Gasteiger charge is -2.22. The summed E-state index contributed by atoms with van der Waals surface area (Å²) in [5.41, 5.74) is 0. The van der Waals surface area contributed by atoms with E-state index < -0.39 is 12.1 Å². The Balaban J connectivity index is 3.55. The summed E-state index contributed by atoms with van der Waals surface area (Å²) in [6, 6.07) is -0.593. The Morgan fingerprint density at radius 3 is 1.08 bits per heavy atom. The number of amides is 1. The summed E-state index contributed by atoms with van der Waals surface area (Å²) >= 11 is 0. The maximum Gasteiger partial charge on any atom is 0.224 e.